The van der Waals surface area contributed by atoms with Gasteiger partial charge in [-0.1, -0.05) is 20.4 Å². The first-order valence-electron chi connectivity index (χ1n) is 3.87. The van der Waals surface area contributed by atoms with Gasteiger partial charge in [0.1, 0.15) is 8.80 Å². The quantitative estimate of drug-likeness (QED) is 0.472. The van der Waals surface area contributed by atoms with E-state index in [0.717, 1.165) is 0 Å². The van der Waals surface area contributed by atoms with E-state index in [-0.39, 0.29) is 11.9 Å². The highest BCUT2D eigenvalue weighted by atomic mass is 28.3. The van der Waals surface area contributed by atoms with E-state index < -0.39 is 8.80 Å². The van der Waals surface area contributed by atoms with Crippen molar-refractivity contribution in [3.8, 4) is 0 Å². The first-order valence-corrected chi connectivity index (χ1v) is 6.51. The lowest BCUT2D eigenvalue weighted by Gasteiger charge is -2.08. The zero-order chi connectivity index (χ0) is 8.85. The molecule has 64 valence electrons. The molecule has 0 saturated carbocycles. The van der Waals surface area contributed by atoms with E-state index in [1.807, 2.05) is 19.5 Å². The molecule has 0 aromatic heterocycles. The van der Waals surface area contributed by atoms with Gasteiger partial charge < -0.3 is 4.74 Å². The number of esters is 1. The largest absolute Gasteiger partial charge is 0.469 e. The van der Waals surface area contributed by atoms with Gasteiger partial charge in [0.25, 0.3) is 0 Å². The van der Waals surface area contributed by atoms with Gasteiger partial charge in [0.05, 0.1) is 12.1 Å². The van der Waals surface area contributed by atoms with E-state index in [2.05, 4.69) is 13.1 Å². The minimum Gasteiger partial charge on any atom is -0.469 e. The summed E-state index contributed by atoms with van der Waals surface area (Å²) in [6.45, 7) is 9.42. The van der Waals surface area contributed by atoms with Gasteiger partial charge in [0.15, 0.2) is 0 Å². The van der Waals surface area contributed by atoms with Crippen LogP contribution in [0.5, 0.6) is 0 Å². The predicted molar refractivity (Wildman–Crippen MR) is 49.0 cm³/mol. The van der Waals surface area contributed by atoms with E-state index in [0.29, 0.717) is 6.23 Å². The summed E-state index contributed by atoms with van der Waals surface area (Å²) in [5, 5.41) is 0. The van der Waals surface area contributed by atoms with Crippen LogP contribution < -0.4 is 0 Å². The molecule has 0 aliphatic carbocycles. The van der Waals surface area contributed by atoms with Crippen LogP contribution in [-0.4, -0.2) is 21.0 Å². The van der Waals surface area contributed by atoms with Crippen LogP contribution in [-0.2, 0) is 9.53 Å². The second kappa shape index (κ2) is 5.13. The molecule has 0 aromatic rings. The lowest BCUT2D eigenvalue weighted by molar-refractivity contribution is -0.145. The van der Waals surface area contributed by atoms with E-state index in [4.69, 9.17) is 4.74 Å². The van der Waals surface area contributed by atoms with Crippen LogP contribution in [0.25, 0.3) is 0 Å². The molecule has 0 radical (unpaired) electrons. The minimum absolute atomic E-state index is 0.0129. The smallest absolute Gasteiger partial charge is 0.308 e. The molecule has 0 rings (SSSR count). The molecule has 1 unspecified atom stereocenters. The Bertz CT molecular complexity index is 143. The summed E-state index contributed by atoms with van der Waals surface area (Å²) in [5.41, 5.74) is 1.91. The lowest BCUT2D eigenvalue weighted by atomic mass is 10.2. The van der Waals surface area contributed by atoms with Crippen molar-refractivity contribution >= 4 is 14.8 Å². The first kappa shape index (κ1) is 10.4. The highest BCUT2D eigenvalue weighted by Gasteiger charge is 2.09. The van der Waals surface area contributed by atoms with Gasteiger partial charge in [-0.15, -0.1) is 12.3 Å². The van der Waals surface area contributed by atoms with Crippen molar-refractivity contribution < 1.29 is 9.53 Å². The number of hydrogen-bond donors (Lipinski definition) is 0. The summed E-state index contributed by atoms with van der Waals surface area (Å²) in [6.07, 6.45) is 0.584. The van der Waals surface area contributed by atoms with E-state index in [1.54, 1.807) is 0 Å². The molecule has 11 heavy (non-hydrogen) atoms. The molecule has 0 aliphatic heterocycles. The van der Waals surface area contributed by atoms with Gasteiger partial charge >= 0.3 is 5.97 Å². The van der Waals surface area contributed by atoms with Crippen LogP contribution in [0.2, 0.25) is 6.55 Å². The third kappa shape index (κ3) is 4.78. The molecule has 0 fully saturated rings. The van der Waals surface area contributed by atoms with Crippen LogP contribution in [0.1, 0.15) is 13.8 Å². The van der Waals surface area contributed by atoms with Crippen molar-refractivity contribution in [2.24, 2.45) is 5.92 Å². The fourth-order valence-electron chi connectivity index (χ4n) is 0.448. The van der Waals surface area contributed by atoms with Gasteiger partial charge in [0.2, 0.25) is 0 Å². The van der Waals surface area contributed by atoms with Gasteiger partial charge in [-0.25, -0.2) is 0 Å². The highest BCUT2D eigenvalue weighted by molar-refractivity contribution is 6.62. The van der Waals surface area contributed by atoms with Crippen molar-refractivity contribution in [1.29, 1.82) is 0 Å². The number of hydrogen-bond acceptors (Lipinski definition) is 2. The molecule has 0 saturated heterocycles. The van der Waals surface area contributed by atoms with Crippen molar-refractivity contribution in [2.75, 3.05) is 6.23 Å². The normalized spacial score (nSPS) is 12.7. The van der Waals surface area contributed by atoms with Gasteiger partial charge in [-0.3, -0.25) is 4.79 Å². The maximum atomic E-state index is 10.9. The van der Waals surface area contributed by atoms with Crippen LogP contribution in [0.3, 0.4) is 0 Å². The highest BCUT2D eigenvalue weighted by Crippen LogP contribution is 1.96. The molecule has 0 heterocycles. The molecule has 0 aromatic carbocycles. The summed E-state index contributed by atoms with van der Waals surface area (Å²) >= 11 is 0. The van der Waals surface area contributed by atoms with E-state index >= 15 is 0 Å². The number of carbonyl (C=O) groups excluding carboxylic acids is 1. The molecular formula is C8H16O2Si. The third-order valence-electron chi connectivity index (χ3n) is 1.36. The Morgan fingerprint density at radius 3 is 2.64 bits per heavy atom. The summed E-state index contributed by atoms with van der Waals surface area (Å²) in [7, 11) is -0.958. The zero-order valence-corrected chi connectivity index (χ0v) is 8.62. The van der Waals surface area contributed by atoms with Gasteiger partial charge in [0, 0.05) is 0 Å². The molecule has 0 spiro atoms. The van der Waals surface area contributed by atoms with Crippen molar-refractivity contribution in [1.82, 2.24) is 0 Å². The summed E-state index contributed by atoms with van der Waals surface area (Å²) < 4.78 is 5.01. The number of carbonyl (C=O) groups is 1. The summed E-state index contributed by atoms with van der Waals surface area (Å²) in [4.78, 5) is 10.9. The monoisotopic (exact) mass is 172 g/mol. The Balaban J connectivity index is 3.54. The molecule has 0 aliphatic rings. The van der Waals surface area contributed by atoms with Crippen LogP contribution in [0.15, 0.2) is 12.3 Å². The number of ether oxygens (including phenoxy) is 1. The predicted octanol–water partition coefficient (Wildman–Crippen LogP) is 1.31. The Kier molecular flexibility index (Phi) is 4.86. The summed E-state index contributed by atoms with van der Waals surface area (Å²) in [5.74, 6) is -0.118. The number of rotatable bonds is 4. The lowest BCUT2D eigenvalue weighted by Crippen LogP contribution is -2.20. The summed E-state index contributed by atoms with van der Waals surface area (Å²) in [6, 6.07) is 0. The standard InChI is InChI=1S/C8H16O2Si/c1-5-11(4)6-10-8(9)7(2)3/h5,7,11H,1,6H2,2-4H3. The Hall–Kier alpha value is -0.573. The molecule has 3 heteroatoms. The third-order valence-corrected chi connectivity index (χ3v) is 2.86. The second-order valence-electron chi connectivity index (χ2n) is 3.00. The topological polar surface area (TPSA) is 26.3 Å². The molecule has 0 N–H and O–H groups in total. The van der Waals surface area contributed by atoms with E-state index in [1.165, 1.54) is 0 Å². The Morgan fingerprint density at radius 1 is 1.73 bits per heavy atom. The average molecular weight is 172 g/mol. The van der Waals surface area contributed by atoms with Crippen molar-refractivity contribution in [3.63, 3.8) is 0 Å². The van der Waals surface area contributed by atoms with Crippen LogP contribution >= 0.6 is 0 Å². The van der Waals surface area contributed by atoms with Gasteiger partial charge in [-0.05, 0) is 0 Å². The molecule has 1 atom stereocenters. The van der Waals surface area contributed by atoms with Crippen LogP contribution in [0.4, 0.5) is 0 Å². The maximum Gasteiger partial charge on any atom is 0.308 e. The Morgan fingerprint density at radius 2 is 2.27 bits per heavy atom. The average Bonchev–Trinajstić information content (AvgIpc) is 1.99. The maximum absolute atomic E-state index is 10.9. The second-order valence-corrected chi connectivity index (χ2v) is 5.76. The minimum atomic E-state index is -0.958. The van der Waals surface area contributed by atoms with E-state index in [9.17, 15) is 4.79 Å². The molecule has 0 bridgehead atoms. The first-order chi connectivity index (χ1) is 5.07. The zero-order valence-electron chi connectivity index (χ0n) is 7.46. The van der Waals surface area contributed by atoms with Crippen molar-refractivity contribution in [2.45, 2.75) is 20.4 Å². The van der Waals surface area contributed by atoms with Gasteiger partial charge in [-0.2, -0.15) is 0 Å². The molecular weight excluding hydrogens is 156 g/mol. The molecule has 0 amide bonds. The Labute approximate surface area is 69.9 Å². The SMILES string of the molecule is C=C[SiH](C)COC(=O)C(C)C. The fourth-order valence-corrected chi connectivity index (χ4v) is 1.01. The molecule has 2 nitrogen and oxygen atoms in total. The fraction of sp³-hybridized carbons (Fsp3) is 0.625. The van der Waals surface area contributed by atoms with Crippen LogP contribution in [0, 0.1) is 5.92 Å². The van der Waals surface area contributed by atoms with Crippen molar-refractivity contribution in [3.05, 3.63) is 12.3 Å².